The number of nitrogens with zero attached hydrogens (tertiary/aromatic N) is 2. The molecule has 138 valence electrons. The Morgan fingerprint density at radius 2 is 1.62 bits per heavy atom. The summed E-state index contributed by atoms with van der Waals surface area (Å²) >= 11 is 0. The summed E-state index contributed by atoms with van der Waals surface area (Å²) in [6.45, 7) is 2.22. The third-order valence-electron chi connectivity index (χ3n) is 4.12. The van der Waals surface area contributed by atoms with Gasteiger partial charge in [0.1, 0.15) is 0 Å². The van der Waals surface area contributed by atoms with Crippen molar-refractivity contribution in [2.75, 3.05) is 20.6 Å². The molecule has 0 N–H and O–H groups in total. The Bertz CT molecular complexity index is 877. The minimum Gasteiger partial charge on any atom is -0.340 e. The molecule has 0 aliphatic heterocycles. The van der Waals surface area contributed by atoms with Crippen LogP contribution in [0.2, 0.25) is 0 Å². The van der Waals surface area contributed by atoms with Gasteiger partial charge in [-0.3, -0.25) is 4.79 Å². The largest absolute Gasteiger partial charge is 0.340 e. The van der Waals surface area contributed by atoms with Crippen molar-refractivity contribution < 1.29 is 13.2 Å². The standard InChI is InChI=1S/C20H24N2O3S/c1-17-9-7-8-12-19(17)15-21(2)20(23)16-22(3)26(24,25)14-13-18-10-5-4-6-11-18/h4-14H,15-16H2,1-3H3/b14-13+. The molecule has 0 atom stereocenters. The molecule has 2 aromatic carbocycles. The monoisotopic (exact) mass is 372 g/mol. The second-order valence-corrected chi connectivity index (χ2v) is 8.12. The van der Waals surface area contributed by atoms with Crippen LogP contribution in [0.25, 0.3) is 6.08 Å². The summed E-state index contributed by atoms with van der Waals surface area (Å²) in [6, 6.07) is 17.0. The van der Waals surface area contributed by atoms with Crippen molar-refractivity contribution in [1.82, 2.24) is 9.21 Å². The number of amides is 1. The lowest BCUT2D eigenvalue weighted by Crippen LogP contribution is -2.38. The van der Waals surface area contributed by atoms with Gasteiger partial charge in [0.15, 0.2) is 0 Å². The Labute approximate surface area is 155 Å². The molecule has 0 saturated carbocycles. The van der Waals surface area contributed by atoms with E-state index >= 15 is 0 Å². The number of likely N-dealkylation sites (N-methyl/N-ethyl adjacent to an activating group) is 2. The first-order valence-corrected chi connectivity index (χ1v) is 9.78. The van der Waals surface area contributed by atoms with Crippen molar-refractivity contribution in [3.05, 3.63) is 76.7 Å². The number of rotatable bonds is 7. The summed E-state index contributed by atoms with van der Waals surface area (Å²) in [7, 11) is -0.580. The number of carbonyl (C=O) groups is 1. The van der Waals surface area contributed by atoms with Crippen LogP contribution >= 0.6 is 0 Å². The Balaban J connectivity index is 1.98. The number of carbonyl (C=O) groups excluding carboxylic acids is 1. The molecule has 0 unspecified atom stereocenters. The molecule has 0 bridgehead atoms. The van der Waals surface area contributed by atoms with Crippen LogP contribution in [0.3, 0.4) is 0 Å². The number of aryl methyl sites for hydroxylation is 1. The summed E-state index contributed by atoms with van der Waals surface area (Å²) in [6.07, 6.45) is 1.52. The first kappa shape index (κ1) is 19.9. The molecule has 0 aromatic heterocycles. The van der Waals surface area contributed by atoms with E-state index in [4.69, 9.17) is 0 Å². The number of benzene rings is 2. The molecule has 5 nitrogen and oxygen atoms in total. The van der Waals surface area contributed by atoms with Gasteiger partial charge < -0.3 is 4.90 Å². The number of sulfonamides is 1. The van der Waals surface area contributed by atoms with Gasteiger partial charge in [-0.15, -0.1) is 0 Å². The summed E-state index contributed by atoms with van der Waals surface area (Å²) < 4.78 is 25.7. The molecule has 2 aromatic rings. The topological polar surface area (TPSA) is 57.7 Å². The average Bonchev–Trinajstić information content (AvgIpc) is 2.62. The Morgan fingerprint density at radius 1 is 1.00 bits per heavy atom. The lowest BCUT2D eigenvalue weighted by Gasteiger charge is -2.21. The Kier molecular flexibility index (Phi) is 6.71. The molecule has 0 spiro atoms. The number of hydrogen-bond acceptors (Lipinski definition) is 3. The zero-order valence-electron chi connectivity index (χ0n) is 15.3. The molecule has 0 saturated heterocycles. The zero-order valence-corrected chi connectivity index (χ0v) is 16.1. The second kappa shape index (κ2) is 8.78. The highest BCUT2D eigenvalue weighted by atomic mass is 32.2. The van der Waals surface area contributed by atoms with E-state index in [1.54, 1.807) is 7.05 Å². The van der Waals surface area contributed by atoms with Gasteiger partial charge in [0.25, 0.3) is 0 Å². The summed E-state index contributed by atoms with van der Waals surface area (Å²) in [5.41, 5.74) is 2.92. The molecule has 0 aliphatic rings. The van der Waals surface area contributed by atoms with E-state index in [1.165, 1.54) is 18.0 Å². The van der Waals surface area contributed by atoms with Crippen molar-refractivity contribution in [2.45, 2.75) is 13.5 Å². The van der Waals surface area contributed by atoms with Gasteiger partial charge in [0.2, 0.25) is 15.9 Å². The van der Waals surface area contributed by atoms with E-state index in [9.17, 15) is 13.2 Å². The first-order valence-electron chi connectivity index (χ1n) is 8.27. The molecule has 0 radical (unpaired) electrons. The minimum atomic E-state index is -3.66. The van der Waals surface area contributed by atoms with Crippen LogP contribution < -0.4 is 0 Å². The van der Waals surface area contributed by atoms with Gasteiger partial charge in [0.05, 0.1) is 6.54 Å². The van der Waals surface area contributed by atoms with Gasteiger partial charge in [-0.1, -0.05) is 54.6 Å². The summed E-state index contributed by atoms with van der Waals surface area (Å²) in [4.78, 5) is 13.9. The molecular weight excluding hydrogens is 348 g/mol. The van der Waals surface area contributed by atoms with Crippen molar-refractivity contribution >= 4 is 22.0 Å². The fraction of sp³-hybridized carbons (Fsp3) is 0.250. The normalized spacial score (nSPS) is 11.8. The molecule has 2 rings (SSSR count). The van der Waals surface area contributed by atoms with Gasteiger partial charge in [-0.05, 0) is 29.7 Å². The molecule has 0 aliphatic carbocycles. The van der Waals surface area contributed by atoms with Crippen LogP contribution in [-0.4, -0.2) is 44.2 Å². The molecular formula is C20H24N2O3S. The molecule has 0 fully saturated rings. The van der Waals surface area contributed by atoms with E-state index in [-0.39, 0.29) is 12.5 Å². The van der Waals surface area contributed by atoms with Crippen LogP contribution in [0.5, 0.6) is 0 Å². The Morgan fingerprint density at radius 3 is 2.27 bits per heavy atom. The van der Waals surface area contributed by atoms with E-state index in [0.29, 0.717) is 6.54 Å². The minimum absolute atomic E-state index is 0.205. The van der Waals surface area contributed by atoms with E-state index in [0.717, 1.165) is 26.4 Å². The highest BCUT2D eigenvalue weighted by Gasteiger charge is 2.20. The average molecular weight is 372 g/mol. The van der Waals surface area contributed by atoms with Crippen LogP contribution in [0.1, 0.15) is 16.7 Å². The predicted octanol–water partition coefficient (Wildman–Crippen LogP) is 2.89. The molecule has 26 heavy (non-hydrogen) atoms. The van der Waals surface area contributed by atoms with E-state index in [1.807, 2.05) is 61.5 Å². The lowest BCUT2D eigenvalue weighted by atomic mass is 10.1. The lowest BCUT2D eigenvalue weighted by molar-refractivity contribution is -0.130. The summed E-state index contributed by atoms with van der Waals surface area (Å²) in [5.74, 6) is -0.257. The Hall–Kier alpha value is -2.44. The second-order valence-electron chi connectivity index (χ2n) is 6.19. The van der Waals surface area contributed by atoms with Gasteiger partial charge in [0, 0.05) is 26.0 Å². The fourth-order valence-corrected chi connectivity index (χ4v) is 3.19. The van der Waals surface area contributed by atoms with Crippen LogP contribution in [0.4, 0.5) is 0 Å². The van der Waals surface area contributed by atoms with Crippen LogP contribution in [0.15, 0.2) is 60.0 Å². The predicted molar refractivity (Wildman–Crippen MR) is 105 cm³/mol. The van der Waals surface area contributed by atoms with Gasteiger partial charge in [-0.2, -0.15) is 4.31 Å². The molecule has 6 heteroatoms. The smallest absolute Gasteiger partial charge is 0.237 e. The van der Waals surface area contributed by atoms with Crippen molar-refractivity contribution in [1.29, 1.82) is 0 Å². The fourth-order valence-electron chi connectivity index (χ4n) is 2.36. The first-order chi connectivity index (χ1) is 12.3. The SMILES string of the molecule is Cc1ccccc1CN(C)C(=O)CN(C)S(=O)(=O)/C=C/c1ccccc1. The van der Waals surface area contributed by atoms with Crippen LogP contribution in [0, 0.1) is 6.92 Å². The maximum absolute atomic E-state index is 12.4. The summed E-state index contributed by atoms with van der Waals surface area (Å²) in [5, 5.41) is 1.12. The van der Waals surface area contributed by atoms with Crippen molar-refractivity contribution in [3.8, 4) is 0 Å². The molecule has 0 heterocycles. The zero-order chi connectivity index (χ0) is 19.2. The maximum Gasteiger partial charge on any atom is 0.237 e. The van der Waals surface area contributed by atoms with Crippen molar-refractivity contribution in [3.63, 3.8) is 0 Å². The highest BCUT2D eigenvalue weighted by Crippen LogP contribution is 2.11. The highest BCUT2D eigenvalue weighted by molar-refractivity contribution is 7.92. The van der Waals surface area contributed by atoms with E-state index < -0.39 is 10.0 Å². The molecule has 1 amide bonds. The van der Waals surface area contributed by atoms with E-state index in [2.05, 4.69) is 0 Å². The maximum atomic E-state index is 12.4. The third-order valence-corrected chi connectivity index (χ3v) is 5.60. The van der Waals surface area contributed by atoms with Crippen LogP contribution in [-0.2, 0) is 21.4 Å². The third kappa shape index (κ3) is 5.54. The van der Waals surface area contributed by atoms with Gasteiger partial charge >= 0.3 is 0 Å². The van der Waals surface area contributed by atoms with Gasteiger partial charge in [-0.25, -0.2) is 8.42 Å². The van der Waals surface area contributed by atoms with Crippen molar-refractivity contribution in [2.24, 2.45) is 0 Å². The quantitative estimate of drug-likeness (QED) is 0.751. The number of hydrogen-bond donors (Lipinski definition) is 0.